The summed E-state index contributed by atoms with van der Waals surface area (Å²) in [5.41, 5.74) is 0.634. The molecule has 0 amide bonds. The van der Waals surface area contributed by atoms with Crippen molar-refractivity contribution in [2.24, 2.45) is 0 Å². The minimum atomic E-state index is -4.66. The number of rotatable bonds is 6. The number of nitrogens with zero attached hydrogens (tertiary/aromatic N) is 1. The molecule has 3 nitrogen and oxygen atoms in total. The first kappa shape index (κ1) is 17.1. The second kappa shape index (κ2) is 7.83. The molecule has 1 aromatic rings. The maximum absolute atomic E-state index is 12.6. The van der Waals surface area contributed by atoms with Crippen LogP contribution in [0.25, 0.3) is 0 Å². The van der Waals surface area contributed by atoms with Crippen LogP contribution < -0.4 is 10.1 Å². The molecule has 1 aromatic carbocycles. The average molecular weight is 316 g/mol. The predicted octanol–water partition coefficient (Wildman–Crippen LogP) is 3.72. The Labute approximate surface area is 129 Å². The maximum atomic E-state index is 12.6. The molecule has 0 spiro atoms. The van der Waals surface area contributed by atoms with E-state index in [1.807, 2.05) is 0 Å². The van der Waals surface area contributed by atoms with Gasteiger partial charge in [-0.15, -0.1) is 13.2 Å². The Balaban J connectivity index is 2.25. The van der Waals surface area contributed by atoms with Crippen molar-refractivity contribution in [1.82, 2.24) is 10.2 Å². The topological polar surface area (TPSA) is 24.5 Å². The van der Waals surface area contributed by atoms with Gasteiger partial charge < -0.3 is 10.1 Å². The smallest absolute Gasteiger partial charge is 0.405 e. The zero-order chi connectivity index (χ0) is 16.0. The third-order valence-electron chi connectivity index (χ3n) is 3.93. The first-order valence-electron chi connectivity index (χ1n) is 7.80. The normalized spacial score (nSPS) is 18.2. The number of ether oxygens (including phenoxy) is 1. The van der Waals surface area contributed by atoms with Crippen molar-refractivity contribution in [3.05, 3.63) is 29.8 Å². The first-order chi connectivity index (χ1) is 10.5. The fourth-order valence-electron chi connectivity index (χ4n) is 2.90. The highest BCUT2D eigenvalue weighted by atomic mass is 19.4. The molecule has 22 heavy (non-hydrogen) atoms. The van der Waals surface area contributed by atoms with Gasteiger partial charge in [0.2, 0.25) is 0 Å². The van der Waals surface area contributed by atoms with Crippen molar-refractivity contribution in [2.75, 3.05) is 26.2 Å². The van der Waals surface area contributed by atoms with E-state index >= 15 is 0 Å². The molecule has 0 saturated carbocycles. The van der Waals surface area contributed by atoms with Crippen LogP contribution in [0.2, 0.25) is 0 Å². The van der Waals surface area contributed by atoms with Gasteiger partial charge in [-0.1, -0.05) is 38.0 Å². The molecule has 124 valence electrons. The zero-order valence-corrected chi connectivity index (χ0v) is 12.8. The van der Waals surface area contributed by atoms with Gasteiger partial charge in [0.25, 0.3) is 0 Å². The second-order valence-corrected chi connectivity index (χ2v) is 5.53. The average Bonchev–Trinajstić information content (AvgIpc) is 2.49. The number of hydrogen-bond acceptors (Lipinski definition) is 3. The van der Waals surface area contributed by atoms with Crippen molar-refractivity contribution < 1.29 is 17.9 Å². The molecule has 1 N–H and O–H groups in total. The van der Waals surface area contributed by atoms with Gasteiger partial charge in [-0.3, -0.25) is 4.90 Å². The van der Waals surface area contributed by atoms with E-state index in [1.54, 1.807) is 18.2 Å². The van der Waals surface area contributed by atoms with Crippen LogP contribution in [0.4, 0.5) is 13.2 Å². The minimum absolute atomic E-state index is 0.0272. The highest BCUT2D eigenvalue weighted by Gasteiger charge is 2.33. The van der Waals surface area contributed by atoms with Crippen LogP contribution in [0.15, 0.2) is 24.3 Å². The number of halogens is 3. The number of para-hydroxylation sites is 1. The summed E-state index contributed by atoms with van der Waals surface area (Å²) in [7, 11) is 0. The lowest BCUT2D eigenvalue weighted by Crippen LogP contribution is -2.45. The van der Waals surface area contributed by atoms with Crippen molar-refractivity contribution >= 4 is 0 Å². The standard InChI is InChI=1S/C16H23F3N2O/c1-2-3-7-14(21-11-9-20-10-12-21)13-6-4-5-8-15(13)22-16(17,18)19/h4-6,8,14,20H,2-3,7,9-12H2,1H3/t14-/m0/s1. The number of piperazine rings is 1. The van der Waals surface area contributed by atoms with Gasteiger partial charge in [0.15, 0.2) is 0 Å². The molecule has 0 unspecified atom stereocenters. The number of benzene rings is 1. The molecular weight excluding hydrogens is 293 g/mol. The van der Waals surface area contributed by atoms with Crippen molar-refractivity contribution in [1.29, 1.82) is 0 Å². The van der Waals surface area contributed by atoms with E-state index in [1.165, 1.54) is 6.07 Å². The van der Waals surface area contributed by atoms with Crippen molar-refractivity contribution in [3.8, 4) is 5.75 Å². The Kier molecular flexibility index (Phi) is 6.08. The third kappa shape index (κ3) is 4.88. The van der Waals surface area contributed by atoms with Gasteiger partial charge in [0.1, 0.15) is 5.75 Å². The molecule has 6 heteroatoms. The van der Waals surface area contributed by atoms with Gasteiger partial charge in [-0.05, 0) is 12.5 Å². The summed E-state index contributed by atoms with van der Waals surface area (Å²) >= 11 is 0. The lowest BCUT2D eigenvalue weighted by Gasteiger charge is -2.36. The molecule has 1 saturated heterocycles. The monoisotopic (exact) mass is 316 g/mol. The molecule has 1 aliphatic heterocycles. The second-order valence-electron chi connectivity index (χ2n) is 5.53. The molecule has 0 bridgehead atoms. The van der Waals surface area contributed by atoms with Gasteiger partial charge in [0.05, 0.1) is 0 Å². The molecule has 0 radical (unpaired) electrons. The van der Waals surface area contributed by atoms with E-state index in [0.717, 1.165) is 45.4 Å². The summed E-state index contributed by atoms with van der Waals surface area (Å²) in [6.07, 6.45) is -1.82. The van der Waals surface area contributed by atoms with Crippen LogP contribution >= 0.6 is 0 Å². The Bertz CT molecular complexity index is 459. The molecule has 0 aromatic heterocycles. The van der Waals surface area contributed by atoms with E-state index in [4.69, 9.17) is 0 Å². The Hall–Kier alpha value is -1.27. The SMILES string of the molecule is CCCC[C@@H](c1ccccc1OC(F)(F)F)N1CCNCC1. The highest BCUT2D eigenvalue weighted by Crippen LogP contribution is 2.35. The molecule has 1 fully saturated rings. The summed E-state index contributed by atoms with van der Waals surface area (Å²) in [5.74, 6) is -0.0744. The fraction of sp³-hybridized carbons (Fsp3) is 0.625. The van der Waals surface area contributed by atoms with Gasteiger partial charge in [-0.2, -0.15) is 0 Å². The molecule has 2 rings (SSSR count). The highest BCUT2D eigenvalue weighted by molar-refractivity contribution is 5.36. The third-order valence-corrected chi connectivity index (χ3v) is 3.93. The molecule has 0 aliphatic carbocycles. The Morgan fingerprint density at radius 1 is 1.23 bits per heavy atom. The molecular formula is C16H23F3N2O. The van der Waals surface area contributed by atoms with Crippen LogP contribution in [-0.2, 0) is 0 Å². The maximum Gasteiger partial charge on any atom is 0.573 e. The largest absolute Gasteiger partial charge is 0.573 e. The van der Waals surface area contributed by atoms with Crippen LogP contribution in [0, 0.1) is 0 Å². The first-order valence-corrected chi connectivity index (χ1v) is 7.80. The van der Waals surface area contributed by atoms with Crippen LogP contribution in [0.5, 0.6) is 5.75 Å². The fourth-order valence-corrected chi connectivity index (χ4v) is 2.90. The predicted molar refractivity (Wildman–Crippen MR) is 79.8 cm³/mol. The minimum Gasteiger partial charge on any atom is -0.405 e. The molecule has 1 aliphatic rings. The zero-order valence-electron chi connectivity index (χ0n) is 12.8. The van der Waals surface area contributed by atoms with Crippen LogP contribution in [-0.4, -0.2) is 37.4 Å². The quantitative estimate of drug-likeness (QED) is 0.865. The van der Waals surface area contributed by atoms with Crippen molar-refractivity contribution in [2.45, 2.75) is 38.6 Å². The number of hydrogen-bond donors (Lipinski definition) is 1. The lowest BCUT2D eigenvalue weighted by atomic mass is 9.98. The van der Waals surface area contributed by atoms with E-state index in [2.05, 4.69) is 21.9 Å². The van der Waals surface area contributed by atoms with E-state index in [0.29, 0.717) is 5.56 Å². The van der Waals surface area contributed by atoms with Gasteiger partial charge >= 0.3 is 6.36 Å². The van der Waals surface area contributed by atoms with Gasteiger partial charge in [0, 0.05) is 37.8 Å². The Morgan fingerprint density at radius 2 is 1.91 bits per heavy atom. The summed E-state index contributed by atoms with van der Waals surface area (Å²) in [4.78, 5) is 2.25. The van der Waals surface area contributed by atoms with Crippen LogP contribution in [0.3, 0.4) is 0 Å². The Morgan fingerprint density at radius 3 is 2.55 bits per heavy atom. The molecule has 1 atom stereocenters. The number of unbranched alkanes of at least 4 members (excludes halogenated alkanes) is 1. The van der Waals surface area contributed by atoms with E-state index in [-0.39, 0.29) is 11.8 Å². The lowest BCUT2D eigenvalue weighted by molar-refractivity contribution is -0.275. The molecule has 1 heterocycles. The van der Waals surface area contributed by atoms with E-state index in [9.17, 15) is 13.2 Å². The number of alkyl halides is 3. The summed E-state index contributed by atoms with van der Waals surface area (Å²) in [6, 6.07) is 6.49. The summed E-state index contributed by atoms with van der Waals surface area (Å²) < 4.78 is 42.1. The number of nitrogens with one attached hydrogen (secondary N) is 1. The summed E-state index contributed by atoms with van der Waals surface area (Å²) in [6.45, 7) is 5.51. The van der Waals surface area contributed by atoms with E-state index < -0.39 is 6.36 Å². The van der Waals surface area contributed by atoms with Gasteiger partial charge in [-0.25, -0.2) is 0 Å². The van der Waals surface area contributed by atoms with Crippen molar-refractivity contribution in [3.63, 3.8) is 0 Å². The summed E-state index contributed by atoms with van der Waals surface area (Å²) in [5, 5.41) is 3.28. The van der Waals surface area contributed by atoms with Crippen LogP contribution in [0.1, 0.15) is 37.8 Å².